The molecule has 146 valence electrons. The third-order valence-corrected chi connectivity index (χ3v) is 4.72. The van der Waals surface area contributed by atoms with Crippen LogP contribution >= 0.6 is 0 Å². The molecule has 3 rings (SSSR count). The standard InChI is InChI=1S/C20H26N2O5/c1-2-12-27-16-6-4-15(5-7-16)17-18(23)20(25)22(19(17)24)9-3-8-21-10-13-26-14-11-21/h4-7,23H,2-3,8-14H2,1H3. The van der Waals surface area contributed by atoms with Gasteiger partial charge in [0.05, 0.1) is 25.4 Å². The van der Waals surface area contributed by atoms with E-state index >= 15 is 0 Å². The molecule has 1 fully saturated rings. The lowest BCUT2D eigenvalue weighted by atomic mass is 10.1. The quantitative estimate of drug-likeness (QED) is 0.700. The lowest BCUT2D eigenvalue weighted by molar-refractivity contribution is -0.138. The molecule has 2 aliphatic heterocycles. The molecule has 2 heterocycles. The summed E-state index contributed by atoms with van der Waals surface area (Å²) in [7, 11) is 0. The second-order valence-electron chi connectivity index (χ2n) is 6.67. The van der Waals surface area contributed by atoms with Crippen molar-refractivity contribution in [2.24, 2.45) is 0 Å². The van der Waals surface area contributed by atoms with E-state index in [1.165, 1.54) is 0 Å². The fourth-order valence-electron chi connectivity index (χ4n) is 3.24. The Morgan fingerprint density at radius 1 is 1.07 bits per heavy atom. The van der Waals surface area contributed by atoms with Gasteiger partial charge in [-0.3, -0.25) is 19.4 Å². The molecule has 1 aromatic carbocycles. The van der Waals surface area contributed by atoms with Crippen molar-refractivity contribution in [2.75, 3.05) is 46.0 Å². The Morgan fingerprint density at radius 3 is 2.44 bits per heavy atom. The molecular formula is C20H26N2O5. The third-order valence-electron chi connectivity index (χ3n) is 4.72. The molecular weight excluding hydrogens is 348 g/mol. The van der Waals surface area contributed by atoms with Gasteiger partial charge in [-0.1, -0.05) is 19.1 Å². The molecule has 0 unspecified atom stereocenters. The van der Waals surface area contributed by atoms with E-state index in [9.17, 15) is 14.7 Å². The van der Waals surface area contributed by atoms with Crippen molar-refractivity contribution in [1.82, 2.24) is 9.80 Å². The van der Waals surface area contributed by atoms with Crippen LogP contribution in [0.4, 0.5) is 0 Å². The van der Waals surface area contributed by atoms with Crippen LogP contribution in [0.1, 0.15) is 25.3 Å². The Balaban J connectivity index is 1.61. The molecule has 7 heteroatoms. The number of ether oxygens (including phenoxy) is 2. The highest BCUT2D eigenvalue weighted by Crippen LogP contribution is 2.29. The van der Waals surface area contributed by atoms with Crippen LogP contribution in [0.3, 0.4) is 0 Å². The minimum Gasteiger partial charge on any atom is -0.502 e. The highest BCUT2D eigenvalue weighted by Gasteiger charge is 2.38. The Kier molecular flexibility index (Phi) is 6.47. The number of benzene rings is 1. The minimum atomic E-state index is -0.622. The van der Waals surface area contributed by atoms with Gasteiger partial charge in [0.25, 0.3) is 11.8 Å². The van der Waals surface area contributed by atoms with Gasteiger partial charge in [0.1, 0.15) is 5.75 Å². The van der Waals surface area contributed by atoms with E-state index < -0.39 is 17.6 Å². The van der Waals surface area contributed by atoms with Crippen LogP contribution < -0.4 is 4.74 Å². The van der Waals surface area contributed by atoms with Gasteiger partial charge in [0, 0.05) is 26.2 Å². The van der Waals surface area contributed by atoms with E-state index in [1.54, 1.807) is 24.3 Å². The highest BCUT2D eigenvalue weighted by molar-refractivity contribution is 6.34. The summed E-state index contributed by atoms with van der Waals surface area (Å²) in [4.78, 5) is 28.4. The molecule has 0 aromatic heterocycles. The van der Waals surface area contributed by atoms with E-state index in [2.05, 4.69) is 4.90 Å². The monoisotopic (exact) mass is 374 g/mol. The maximum Gasteiger partial charge on any atom is 0.296 e. The molecule has 27 heavy (non-hydrogen) atoms. The predicted molar refractivity (Wildman–Crippen MR) is 100 cm³/mol. The van der Waals surface area contributed by atoms with Crippen molar-refractivity contribution >= 4 is 17.4 Å². The maximum absolute atomic E-state index is 12.7. The number of rotatable bonds is 8. The van der Waals surface area contributed by atoms with E-state index in [-0.39, 0.29) is 5.57 Å². The Bertz CT molecular complexity index is 708. The highest BCUT2D eigenvalue weighted by atomic mass is 16.5. The number of carbonyl (C=O) groups is 2. The molecule has 2 amide bonds. The Labute approximate surface area is 159 Å². The number of hydrogen-bond acceptors (Lipinski definition) is 6. The first-order valence-electron chi connectivity index (χ1n) is 9.44. The maximum atomic E-state index is 12.7. The van der Waals surface area contributed by atoms with Crippen LogP contribution in [0.5, 0.6) is 5.75 Å². The Morgan fingerprint density at radius 2 is 1.78 bits per heavy atom. The molecule has 2 aliphatic rings. The lowest BCUT2D eigenvalue weighted by Gasteiger charge is -2.27. The van der Waals surface area contributed by atoms with Crippen molar-refractivity contribution in [2.45, 2.75) is 19.8 Å². The van der Waals surface area contributed by atoms with Crippen LogP contribution in [0, 0.1) is 0 Å². The largest absolute Gasteiger partial charge is 0.502 e. The lowest BCUT2D eigenvalue weighted by Crippen LogP contribution is -2.39. The van der Waals surface area contributed by atoms with E-state index in [4.69, 9.17) is 9.47 Å². The average Bonchev–Trinajstić information content (AvgIpc) is 2.91. The summed E-state index contributed by atoms with van der Waals surface area (Å²) in [5.74, 6) is -0.849. The van der Waals surface area contributed by atoms with Crippen molar-refractivity contribution in [3.63, 3.8) is 0 Å². The van der Waals surface area contributed by atoms with Crippen LogP contribution in [-0.2, 0) is 14.3 Å². The fourth-order valence-corrected chi connectivity index (χ4v) is 3.24. The molecule has 0 aliphatic carbocycles. The first kappa shape index (κ1) is 19.4. The first-order chi connectivity index (χ1) is 13.1. The van der Waals surface area contributed by atoms with Crippen LogP contribution in [0.15, 0.2) is 30.0 Å². The van der Waals surface area contributed by atoms with Crippen LogP contribution in [-0.4, -0.2) is 72.7 Å². The van der Waals surface area contributed by atoms with E-state index in [0.717, 1.165) is 31.0 Å². The SMILES string of the molecule is CCCOc1ccc(C2=C(O)C(=O)N(CCCN3CCOCC3)C2=O)cc1. The number of nitrogens with zero attached hydrogens (tertiary/aromatic N) is 2. The molecule has 0 radical (unpaired) electrons. The smallest absolute Gasteiger partial charge is 0.296 e. The molecule has 7 nitrogen and oxygen atoms in total. The zero-order valence-electron chi connectivity index (χ0n) is 15.6. The number of morpholine rings is 1. The molecule has 1 N–H and O–H groups in total. The van der Waals surface area contributed by atoms with Crippen LogP contribution in [0.25, 0.3) is 5.57 Å². The summed E-state index contributed by atoms with van der Waals surface area (Å²) in [5.41, 5.74) is 0.582. The minimum absolute atomic E-state index is 0.0633. The number of imide groups is 1. The predicted octanol–water partition coefficient (Wildman–Crippen LogP) is 1.84. The van der Waals surface area contributed by atoms with Gasteiger partial charge >= 0.3 is 0 Å². The van der Waals surface area contributed by atoms with Gasteiger partial charge < -0.3 is 14.6 Å². The number of amides is 2. The molecule has 1 saturated heterocycles. The van der Waals surface area contributed by atoms with Crippen molar-refractivity contribution in [3.05, 3.63) is 35.6 Å². The van der Waals surface area contributed by atoms with Crippen molar-refractivity contribution < 1.29 is 24.2 Å². The van der Waals surface area contributed by atoms with Gasteiger partial charge in [0.2, 0.25) is 0 Å². The molecule has 0 bridgehead atoms. The van der Waals surface area contributed by atoms with Gasteiger partial charge in [-0.05, 0) is 30.5 Å². The summed E-state index contributed by atoms with van der Waals surface area (Å²) in [6.45, 7) is 6.87. The Hall–Kier alpha value is -2.38. The zero-order valence-corrected chi connectivity index (χ0v) is 15.6. The summed E-state index contributed by atoms with van der Waals surface area (Å²) < 4.78 is 10.8. The molecule has 0 atom stereocenters. The number of hydrogen-bond donors (Lipinski definition) is 1. The average molecular weight is 374 g/mol. The van der Waals surface area contributed by atoms with Crippen LogP contribution in [0.2, 0.25) is 0 Å². The zero-order chi connectivity index (χ0) is 19.2. The summed E-state index contributed by atoms with van der Waals surface area (Å²) in [6, 6.07) is 6.87. The molecule has 1 aromatic rings. The number of aliphatic hydroxyl groups is 1. The van der Waals surface area contributed by atoms with Gasteiger partial charge in [-0.2, -0.15) is 0 Å². The summed E-state index contributed by atoms with van der Waals surface area (Å²) >= 11 is 0. The first-order valence-corrected chi connectivity index (χ1v) is 9.44. The summed E-state index contributed by atoms with van der Waals surface area (Å²) in [6.07, 6.45) is 1.57. The second-order valence-corrected chi connectivity index (χ2v) is 6.67. The van der Waals surface area contributed by atoms with Gasteiger partial charge in [-0.25, -0.2) is 0 Å². The topological polar surface area (TPSA) is 79.3 Å². The normalized spacial score (nSPS) is 18.5. The number of carbonyl (C=O) groups excluding carboxylic acids is 2. The molecule has 0 saturated carbocycles. The van der Waals surface area contributed by atoms with Crippen molar-refractivity contribution in [3.8, 4) is 5.75 Å². The summed E-state index contributed by atoms with van der Waals surface area (Å²) in [5, 5.41) is 10.2. The third kappa shape index (κ3) is 4.48. The van der Waals surface area contributed by atoms with Gasteiger partial charge in [0.15, 0.2) is 5.76 Å². The second kappa shape index (κ2) is 9.01. The van der Waals surface area contributed by atoms with E-state index in [0.29, 0.717) is 44.1 Å². The van der Waals surface area contributed by atoms with E-state index in [1.807, 2.05) is 6.92 Å². The number of aliphatic hydroxyl groups excluding tert-OH is 1. The van der Waals surface area contributed by atoms with Gasteiger partial charge in [-0.15, -0.1) is 0 Å². The van der Waals surface area contributed by atoms with Crippen molar-refractivity contribution in [1.29, 1.82) is 0 Å². The molecule has 0 spiro atoms. The fraction of sp³-hybridized carbons (Fsp3) is 0.500.